The van der Waals surface area contributed by atoms with E-state index < -0.39 is 19.5 Å². The second-order valence-corrected chi connectivity index (χ2v) is 7.52. The highest BCUT2D eigenvalue weighted by atomic mass is 19.1. The SMILES string of the molecule is [2H]C([2H])([2H])c1ccccc1-c1cc(-c2c(C)ccc3c2oc2cc(F)ccc23)[n+](C)cc1C([2H])([2H])[2H]. The second kappa shape index (κ2) is 6.81. The minimum Gasteiger partial charge on any atom is -0.455 e. The number of fused-ring (bicyclic) bond motifs is 3. The van der Waals surface area contributed by atoms with Crippen LogP contribution in [-0.2, 0) is 7.05 Å². The van der Waals surface area contributed by atoms with Gasteiger partial charge in [0.25, 0.3) is 0 Å². The molecule has 2 aromatic heterocycles. The van der Waals surface area contributed by atoms with Crippen LogP contribution in [0.4, 0.5) is 4.39 Å². The lowest BCUT2D eigenvalue weighted by Gasteiger charge is -2.12. The van der Waals surface area contributed by atoms with E-state index in [1.165, 1.54) is 24.4 Å². The van der Waals surface area contributed by atoms with Crippen LogP contribution in [0.25, 0.3) is 44.3 Å². The molecule has 2 nitrogen and oxygen atoms in total. The first-order chi connectivity index (χ1) is 16.9. The highest BCUT2D eigenvalue weighted by Gasteiger charge is 2.23. The Morgan fingerprint density at radius 1 is 0.867 bits per heavy atom. The maximum Gasteiger partial charge on any atom is 0.216 e. The van der Waals surface area contributed by atoms with Crippen molar-refractivity contribution in [2.75, 3.05) is 0 Å². The summed E-state index contributed by atoms with van der Waals surface area (Å²) in [5, 5.41) is 1.57. The van der Waals surface area contributed by atoms with E-state index in [1.807, 2.05) is 19.1 Å². The van der Waals surface area contributed by atoms with Crippen molar-refractivity contribution >= 4 is 21.9 Å². The van der Waals surface area contributed by atoms with Crippen molar-refractivity contribution in [3.8, 4) is 22.4 Å². The van der Waals surface area contributed by atoms with Gasteiger partial charge in [0.05, 0.1) is 5.56 Å². The molecule has 0 spiro atoms. The van der Waals surface area contributed by atoms with Gasteiger partial charge in [0.15, 0.2) is 6.20 Å². The first-order valence-corrected chi connectivity index (χ1v) is 9.62. The molecule has 0 bridgehead atoms. The Hall–Kier alpha value is -3.46. The summed E-state index contributed by atoms with van der Waals surface area (Å²) in [6.07, 6.45) is 1.52. The Morgan fingerprint density at radius 3 is 2.50 bits per heavy atom. The van der Waals surface area contributed by atoms with Crippen molar-refractivity contribution in [1.29, 1.82) is 0 Å². The third-order valence-electron chi connectivity index (χ3n) is 5.56. The molecular formula is C27H23FNO+. The number of aromatic nitrogens is 1. The summed E-state index contributed by atoms with van der Waals surface area (Å²) in [5.41, 5.74) is 3.95. The fraction of sp³-hybridized carbons (Fsp3) is 0.148. The van der Waals surface area contributed by atoms with Crippen molar-refractivity contribution in [1.82, 2.24) is 0 Å². The van der Waals surface area contributed by atoms with E-state index in [2.05, 4.69) is 0 Å². The number of nitrogens with zero attached hydrogens (tertiary/aromatic N) is 1. The third kappa shape index (κ3) is 2.81. The van der Waals surface area contributed by atoms with Gasteiger partial charge in [0, 0.05) is 36.7 Å². The summed E-state index contributed by atoms with van der Waals surface area (Å²) in [4.78, 5) is 0. The zero-order chi connectivity index (χ0) is 26.0. The molecule has 148 valence electrons. The van der Waals surface area contributed by atoms with Gasteiger partial charge in [-0.15, -0.1) is 0 Å². The van der Waals surface area contributed by atoms with Gasteiger partial charge in [0.1, 0.15) is 24.0 Å². The maximum atomic E-state index is 13.9. The fourth-order valence-electron chi connectivity index (χ4n) is 4.07. The third-order valence-corrected chi connectivity index (χ3v) is 5.56. The first-order valence-electron chi connectivity index (χ1n) is 12.6. The van der Waals surface area contributed by atoms with E-state index in [0.717, 1.165) is 21.9 Å². The molecule has 0 N–H and O–H groups in total. The molecule has 0 saturated carbocycles. The molecule has 0 aliphatic heterocycles. The number of pyridine rings is 1. The Balaban J connectivity index is 1.88. The van der Waals surface area contributed by atoms with E-state index in [4.69, 9.17) is 12.6 Å². The predicted molar refractivity (Wildman–Crippen MR) is 120 cm³/mol. The number of benzene rings is 3. The van der Waals surface area contributed by atoms with Gasteiger partial charge in [0.2, 0.25) is 5.69 Å². The monoisotopic (exact) mass is 402 g/mol. The highest BCUT2D eigenvalue weighted by molar-refractivity contribution is 6.09. The van der Waals surface area contributed by atoms with E-state index in [9.17, 15) is 4.39 Å². The molecular weight excluding hydrogens is 373 g/mol. The van der Waals surface area contributed by atoms with Gasteiger partial charge in [-0.3, -0.25) is 0 Å². The predicted octanol–water partition coefficient (Wildman–Crippen LogP) is 6.81. The fourth-order valence-corrected chi connectivity index (χ4v) is 4.07. The smallest absolute Gasteiger partial charge is 0.216 e. The van der Waals surface area contributed by atoms with Crippen LogP contribution in [0.1, 0.15) is 24.9 Å². The number of hydrogen-bond donors (Lipinski definition) is 0. The first kappa shape index (κ1) is 13.0. The van der Waals surface area contributed by atoms with E-state index in [-0.39, 0.29) is 11.1 Å². The number of aryl methyl sites for hydroxylation is 4. The summed E-state index contributed by atoms with van der Waals surface area (Å²) in [6, 6.07) is 16.4. The van der Waals surface area contributed by atoms with Gasteiger partial charge in [-0.1, -0.05) is 36.4 Å². The number of furan rings is 1. The Kier molecular flexibility index (Phi) is 2.94. The quantitative estimate of drug-likeness (QED) is 0.296. The molecule has 0 aliphatic rings. The number of halogens is 1. The lowest BCUT2D eigenvalue weighted by molar-refractivity contribution is -0.660. The normalized spacial score (nSPS) is 15.3. The molecule has 3 heteroatoms. The molecule has 0 radical (unpaired) electrons. The standard InChI is InChI=1S/C27H23FNO/c1-16-7-5-6-8-20(16)23-14-24(29(4)15-18(23)3)26-17(2)9-11-22-21-12-10-19(28)13-25(21)30-27(22)26/h5-15H,1-4H3/q+1/i1D3,3D3. The van der Waals surface area contributed by atoms with Crippen LogP contribution < -0.4 is 4.57 Å². The van der Waals surface area contributed by atoms with Crippen LogP contribution >= 0.6 is 0 Å². The van der Waals surface area contributed by atoms with Gasteiger partial charge < -0.3 is 4.42 Å². The Labute approximate surface area is 183 Å². The summed E-state index contributed by atoms with van der Waals surface area (Å²) >= 11 is 0. The average molecular weight is 403 g/mol. The maximum absolute atomic E-state index is 13.9. The van der Waals surface area contributed by atoms with Gasteiger partial charge >= 0.3 is 0 Å². The highest BCUT2D eigenvalue weighted by Crippen LogP contribution is 2.38. The van der Waals surface area contributed by atoms with Crippen molar-refractivity contribution in [3.63, 3.8) is 0 Å². The second-order valence-electron chi connectivity index (χ2n) is 7.52. The van der Waals surface area contributed by atoms with Crippen molar-refractivity contribution < 1.29 is 21.6 Å². The van der Waals surface area contributed by atoms with Crippen molar-refractivity contribution in [2.24, 2.45) is 7.05 Å². The Bertz CT molecular complexity index is 1650. The van der Waals surface area contributed by atoms with Crippen LogP contribution in [0.2, 0.25) is 0 Å². The van der Waals surface area contributed by atoms with Crippen LogP contribution in [0.15, 0.2) is 71.3 Å². The summed E-state index contributed by atoms with van der Waals surface area (Å²) in [7, 11) is 1.74. The van der Waals surface area contributed by atoms with Gasteiger partial charge in [-0.2, -0.15) is 0 Å². The average Bonchev–Trinajstić information content (AvgIpc) is 3.15. The van der Waals surface area contributed by atoms with E-state index >= 15 is 0 Å². The zero-order valence-electron chi connectivity index (χ0n) is 22.6. The minimum atomic E-state index is -2.48. The van der Waals surface area contributed by atoms with Gasteiger partial charge in [-0.05, 0) is 55.0 Å². The van der Waals surface area contributed by atoms with Crippen molar-refractivity contribution in [3.05, 3.63) is 89.4 Å². The van der Waals surface area contributed by atoms with E-state index in [0.29, 0.717) is 28.0 Å². The van der Waals surface area contributed by atoms with Crippen LogP contribution in [-0.4, -0.2) is 0 Å². The van der Waals surface area contributed by atoms with Crippen LogP contribution in [0.5, 0.6) is 0 Å². The minimum absolute atomic E-state index is 0.0435. The molecule has 2 heterocycles. The summed E-state index contributed by atoms with van der Waals surface area (Å²) < 4.78 is 70.2. The molecule has 0 atom stereocenters. The van der Waals surface area contributed by atoms with E-state index in [1.54, 1.807) is 41.9 Å². The topological polar surface area (TPSA) is 17.0 Å². The van der Waals surface area contributed by atoms with Crippen molar-refractivity contribution in [2.45, 2.75) is 20.6 Å². The molecule has 5 rings (SSSR count). The molecule has 0 saturated heterocycles. The molecule has 3 aromatic carbocycles. The molecule has 0 aliphatic carbocycles. The largest absolute Gasteiger partial charge is 0.455 e. The van der Waals surface area contributed by atoms with Crippen LogP contribution in [0.3, 0.4) is 0 Å². The molecule has 30 heavy (non-hydrogen) atoms. The number of rotatable bonds is 2. The lowest BCUT2D eigenvalue weighted by atomic mass is 9.94. The van der Waals surface area contributed by atoms with Crippen LogP contribution in [0, 0.1) is 26.4 Å². The molecule has 0 amide bonds. The summed E-state index contributed by atoms with van der Waals surface area (Å²) in [5.74, 6) is -0.407. The number of hydrogen-bond acceptors (Lipinski definition) is 1. The zero-order valence-corrected chi connectivity index (χ0v) is 16.6. The lowest BCUT2D eigenvalue weighted by Crippen LogP contribution is -2.31. The molecule has 0 unspecified atom stereocenters. The summed E-state index contributed by atoms with van der Waals surface area (Å²) in [6.45, 7) is -3.00. The molecule has 0 fully saturated rings. The van der Waals surface area contributed by atoms with Gasteiger partial charge in [-0.25, -0.2) is 8.96 Å². The Morgan fingerprint density at radius 2 is 1.67 bits per heavy atom. The molecule has 5 aromatic rings.